The van der Waals surface area contributed by atoms with Crippen LogP contribution in [0.2, 0.25) is 0 Å². The Labute approximate surface area is 203 Å². The Morgan fingerprint density at radius 2 is 1.94 bits per heavy atom. The summed E-state index contributed by atoms with van der Waals surface area (Å²) in [5, 5.41) is 6.95. The minimum atomic E-state index is -0.231. The van der Waals surface area contributed by atoms with E-state index in [2.05, 4.69) is 20.5 Å². The Balaban J connectivity index is 0.00000341. The number of hydrogen-bond donors (Lipinski definition) is 2. The van der Waals surface area contributed by atoms with E-state index >= 15 is 0 Å². The highest BCUT2D eigenvalue weighted by molar-refractivity contribution is 14.0. The van der Waals surface area contributed by atoms with Gasteiger partial charge in [0, 0.05) is 57.9 Å². The molecule has 1 saturated heterocycles. The van der Waals surface area contributed by atoms with E-state index in [0.717, 1.165) is 50.9 Å². The number of methoxy groups -OCH3 is 1. The Bertz CT molecular complexity index is 692. The Hall–Kier alpha value is -0.970. The first kappa shape index (κ1) is 26.3. The first-order valence-corrected chi connectivity index (χ1v) is 11.1. The van der Waals surface area contributed by atoms with Gasteiger partial charge in [0.1, 0.15) is 5.82 Å². The second kappa shape index (κ2) is 13.5. The number of ether oxygens (including phenoxy) is 2. The molecule has 3 rings (SSSR count). The van der Waals surface area contributed by atoms with Gasteiger partial charge in [-0.3, -0.25) is 9.89 Å². The average molecular weight is 548 g/mol. The highest BCUT2D eigenvalue weighted by Gasteiger charge is 2.34. The van der Waals surface area contributed by atoms with Crippen molar-refractivity contribution in [3.05, 3.63) is 35.1 Å². The van der Waals surface area contributed by atoms with Gasteiger partial charge in [-0.1, -0.05) is 25.3 Å². The molecule has 2 aliphatic rings. The Morgan fingerprint density at radius 3 is 2.61 bits per heavy atom. The van der Waals surface area contributed by atoms with Gasteiger partial charge in [-0.05, 0) is 30.5 Å². The van der Waals surface area contributed by atoms with Gasteiger partial charge in [0.05, 0.1) is 19.8 Å². The second-order valence-electron chi connectivity index (χ2n) is 8.59. The summed E-state index contributed by atoms with van der Waals surface area (Å²) in [4.78, 5) is 6.96. The number of halogens is 2. The minimum absolute atomic E-state index is 0. The van der Waals surface area contributed by atoms with Gasteiger partial charge < -0.3 is 20.1 Å². The molecule has 2 N–H and O–H groups in total. The molecule has 0 aromatic heterocycles. The molecule has 1 aliphatic carbocycles. The number of nitrogens with zero attached hydrogens (tertiary/aromatic N) is 2. The Kier molecular flexibility index (Phi) is 11.5. The molecule has 0 spiro atoms. The van der Waals surface area contributed by atoms with Crippen LogP contribution in [0.15, 0.2) is 23.2 Å². The van der Waals surface area contributed by atoms with Gasteiger partial charge >= 0.3 is 0 Å². The number of benzene rings is 1. The maximum atomic E-state index is 13.8. The van der Waals surface area contributed by atoms with E-state index in [1.54, 1.807) is 20.2 Å². The van der Waals surface area contributed by atoms with E-state index in [-0.39, 0.29) is 41.8 Å². The third kappa shape index (κ3) is 8.14. The zero-order valence-corrected chi connectivity index (χ0v) is 21.3. The summed E-state index contributed by atoms with van der Waals surface area (Å²) >= 11 is 0. The highest BCUT2D eigenvalue weighted by Crippen LogP contribution is 2.36. The maximum Gasteiger partial charge on any atom is 0.191 e. The first-order valence-electron chi connectivity index (χ1n) is 11.1. The van der Waals surface area contributed by atoms with Gasteiger partial charge in [-0.25, -0.2) is 4.39 Å². The summed E-state index contributed by atoms with van der Waals surface area (Å²) in [7, 11) is 3.38. The van der Waals surface area contributed by atoms with Crippen molar-refractivity contribution in [2.45, 2.75) is 45.3 Å². The van der Waals surface area contributed by atoms with Crippen LogP contribution in [-0.2, 0) is 22.6 Å². The van der Waals surface area contributed by atoms with Crippen LogP contribution in [0.25, 0.3) is 0 Å². The molecule has 1 heterocycles. The van der Waals surface area contributed by atoms with E-state index in [1.807, 2.05) is 6.07 Å². The second-order valence-corrected chi connectivity index (χ2v) is 8.59. The lowest BCUT2D eigenvalue weighted by Gasteiger charge is -2.42. The van der Waals surface area contributed by atoms with Crippen molar-refractivity contribution in [1.82, 2.24) is 15.5 Å². The number of hydrogen-bond acceptors (Lipinski definition) is 4. The van der Waals surface area contributed by atoms with Crippen molar-refractivity contribution in [3.8, 4) is 0 Å². The van der Waals surface area contributed by atoms with Crippen LogP contribution in [0.4, 0.5) is 4.39 Å². The predicted octanol–water partition coefficient (Wildman–Crippen LogP) is 3.54. The summed E-state index contributed by atoms with van der Waals surface area (Å²) < 4.78 is 24.4. The molecule has 6 nitrogen and oxygen atoms in total. The molecule has 2 fully saturated rings. The molecule has 0 bridgehead atoms. The topological polar surface area (TPSA) is 58.1 Å². The van der Waals surface area contributed by atoms with Crippen molar-refractivity contribution >= 4 is 29.9 Å². The molecular weight excluding hydrogens is 510 g/mol. The Morgan fingerprint density at radius 1 is 1.19 bits per heavy atom. The summed E-state index contributed by atoms with van der Waals surface area (Å²) in [6.45, 7) is 6.65. The lowest BCUT2D eigenvalue weighted by Crippen LogP contribution is -2.51. The molecule has 0 radical (unpaired) electrons. The summed E-state index contributed by atoms with van der Waals surface area (Å²) in [6.07, 6.45) is 6.46. The van der Waals surface area contributed by atoms with Gasteiger partial charge in [-0.15, -0.1) is 24.0 Å². The number of guanidine groups is 1. The van der Waals surface area contributed by atoms with Crippen LogP contribution in [0.3, 0.4) is 0 Å². The van der Waals surface area contributed by atoms with Crippen molar-refractivity contribution in [2.24, 2.45) is 10.4 Å². The van der Waals surface area contributed by atoms with Gasteiger partial charge in [0.25, 0.3) is 0 Å². The van der Waals surface area contributed by atoms with Gasteiger partial charge in [0.15, 0.2) is 5.96 Å². The molecule has 1 saturated carbocycles. The predicted molar refractivity (Wildman–Crippen MR) is 134 cm³/mol. The van der Waals surface area contributed by atoms with E-state index in [1.165, 1.54) is 38.2 Å². The first-order chi connectivity index (χ1) is 14.6. The monoisotopic (exact) mass is 548 g/mol. The SMILES string of the molecule is CN=C(NCc1ccc(F)c(COC)c1)NCC1(CN2CCOCC2)CCCCC1.I. The average Bonchev–Trinajstić information content (AvgIpc) is 2.77. The summed E-state index contributed by atoms with van der Waals surface area (Å²) in [6, 6.07) is 5.15. The quantitative estimate of drug-likeness (QED) is 0.296. The van der Waals surface area contributed by atoms with E-state index in [4.69, 9.17) is 9.47 Å². The maximum absolute atomic E-state index is 13.8. The fourth-order valence-electron chi connectivity index (χ4n) is 4.61. The van der Waals surface area contributed by atoms with Crippen LogP contribution in [0.1, 0.15) is 43.2 Å². The zero-order chi connectivity index (χ0) is 21.2. The molecule has 0 atom stereocenters. The number of aliphatic imine (C=N–C) groups is 1. The summed E-state index contributed by atoms with van der Waals surface area (Å²) in [5.74, 6) is 0.560. The molecule has 0 amide bonds. The molecule has 1 aliphatic heterocycles. The molecule has 1 aromatic rings. The lowest BCUT2D eigenvalue weighted by atomic mass is 9.73. The number of nitrogens with one attached hydrogen (secondary N) is 2. The van der Waals surface area contributed by atoms with E-state index in [0.29, 0.717) is 12.1 Å². The molecule has 8 heteroatoms. The molecule has 0 unspecified atom stereocenters. The number of morpholine rings is 1. The normalized spacial score (nSPS) is 19.5. The molecule has 1 aromatic carbocycles. The fraction of sp³-hybridized carbons (Fsp3) is 0.696. The van der Waals surface area contributed by atoms with Crippen molar-refractivity contribution in [1.29, 1.82) is 0 Å². The lowest BCUT2D eigenvalue weighted by molar-refractivity contribution is 0.00820. The van der Waals surface area contributed by atoms with Crippen molar-refractivity contribution < 1.29 is 13.9 Å². The standard InChI is InChI=1S/C23H37FN4O2.HI/c1-25-22(26-15-19-6-7-21(24)20(14-19)16-29-2)27-17-23(8-4-3-5-9-23)18-28-10-12-30-13-11-28;/h6-7,14H,3-5,8-13,15-18H2,1-2H3,(H2,25,26,27);1H. The number of rotatable bonds is 8. The molecular formula is C23H38FIN4O2. The zero-order valence-electron chi connectivity index (χ0n) is 18.9. The van der Waals surface area contributed by atoms with Gasteiger partial charge in [0.2, 0.25) is 0 Å². The summed E-state index contributed by atoms with van der Waals surface area (Å²) in [5.41, 5.74) is 1.87. The molecule has 31 heavy (non-hydrogen) atoms. The molecule has 176 valence electrons. The van der Waals surface area contributed by atoms with Crippen LogP contribution < -0.4 is 10.6 Å². The van der Waals surface area contributed by atoms with Crippen LogP contribution >= 0.6 is 24.0 Å². The fourth-order valence-corrected chi connectivity index (χ4v) is 4.61. The van der Waals surface area contributed by atoms with Crippen LogP contribution in [0, 0.1) is 11.2 Å². The van der Waals surface area contributed by atoms with Crippen LogP contribution in [-0.4, -0.2) is 64.4 Å². The third-order valence-corrected chi connectivity index (χ3v) is 6.30. The smallest absolute Gasteiger partial charge is 0.191 e. The van der Waals surface area contributed by atoms with E-state index < -0.39 is 0 Å². The van der Waals surface area contributed by atoms with Crippen molar-refractivity contribution in [3.63, 3.8) is 0 Å². The third-order valence-electron chi connectivity index (χ3n) is 6.30. The largest absolute Gasteiger partial charge is 0.380 e. The van der Waals surface area contributed by atoms with Crippen LogP contribution in [0.5, 0.6) is 0 Å². The van der Waals surface area contributed by atoms with E-state index in [9.17, 15) is 4.39 Å². The van der Waals surface area contributed by atoms with Crippen molar-refractivity contribution in [2.75, 3.05) is 53.6 Å². The van der Waals surface area contributed by atoms with Gasteiger partial charge in [-0.2, -0.15) is 0 Å². The highest BCUT2D eigenvalue weighted by atomic mass is 127. The minimum Gasteiger partial charge on any atom is -0.380 e.